The second-order valence-electron chi connectivity index (χ2n) is 6.18. The van der Waals surface area contributed by atoms with Crippen LogP contribution in [0.4, 0.5) is 0 Å². The Kier molecular flexibility index (Phi) is 3.90. The monoisotopic (exact) mass is 332 g/mol. The van der Waals surface area contributed by atoms with Crippen LogP contribution in [0, 0.1) is 0 Å². The minimum absolute atomic E-state index is 0.125. The zero-order valence-corrected chi connectivity index (χ0v) is 14.0. The summed E-state index contributed by atoms with van der Waals surface area (Å²) in [5, 5.41) is 8.01. The Morgan fingerprint density at radius 2 is 2.26 bits per heavy atom. The van der Waals surface area contributed by atoms with Gasteiger partial charge in [-0.25, -0.2) is 0 Å². The Morgan fingerprint density at radius 1 is 1.39 bits per heavy atom. The fourth-order valence-corrected chi connectivity index (χ4v) is 4.55. The van der Waals surface area contributed by atoms with Gasteiger partial charge in [-0.2, -0.15) is 0 Å². The molecule has 1 aliphatic carbocycles. The molecular weight excluding hydrogens is 312 g/mol. The third-order valence-electron chi connectivity index (χ3n) is 4.60. The van der Waals surface area contributed by atoms with Crippen molar-refractivity contribution in [2.75, 3.05) is 19.7 Å². The topological polar surface area (TPSA) is 60.2 Å². The number of carbonyl (C=O) groups is 1. The van der Waals surface area contributed by atoms with Crippen molar-refractivity contribution < 1.29 is 9.53 Å². The van der Waals surface area contributed by atoms with Gasteiger partial charge >= 0.3 is 0 Å². The van der Waals surface area contributed by atoms with Crippen molar-refractivity contribution in [2.24, 2.45) is 7.05 Å². The first-order valence-electron chi connectivity index (χ1n) is 8.09. The molecule has 1 saturated heterocycles. The average molecular weight is 332 g/mol. The summed E-state index contributed by atoms with van der Waals surface area (Å²) in [6.07, 6.45) is 6.18. The predicted octanol–water partition coefficient (Wildman–Crippen LogP) is 1.97. The number of carbonyl (C=O) groups excluding carboxylic acids is 1. The van der Waals surface area contributed by atoms with Gasteiger partial charge in [0.2, 0.25) is 0 Å². The maximum absolute atomic E-state index is 12.9. The quantitative estimate of drug-likeness (QED) is 0.843. The summed E-state index contributed by atoms with van der Waals surface area (Å²) in [6, 6.07) is 2.11. The largest absolute Gasteiger partial charge is 0.366 e. The maximum Gasteiger partial charge on any atom is 0.264 e. The number of aromatic nitrogens is 3. The predicted molar refractivity (Wildman–Crippen MR) is 86.6 cm³/mol. The minimum Gasteiger partial charge on any atom is -0.366 e. The van der Waals surface area contributed by atoms with Gasteiger partial charge in [0.1, 0.15) is 12.4 Å². The van der Waals surface area contributed by atoms with Crippen molar-refractivity contribution in [1.82, 2.24) is 19.7 Å². The molecule has 23 heavy (non-hydrogen) atoms. The molecule has 0 bridgehead atoms. The van der Waals surface area contributed by atoms with Gasteiger partial charge in [-0.05, 0) is 37.3 Å². The number of thiophene rings is 1. The summed E-state index contributed by atoms with van der Waals surface area (Å²) in [4.78, 5) is 17.0. The Hall–Kier alpha value is -1.73. The Morgan fingerprint density at radius 3 is 3.04 bits per heavy atom. The summed E-state index contributed by atoms with van der Waals surface area (Å²) < 4.78 is 7.64. The highest BCUT2D eigenvalue weighted by molar-refractivity contribution is 7.14. The number of aryl methyl sites for hydroxylation is 3. The number of amides is 1. The fraction of sp³-hybridized carbons (Fsp3) is 0.562. The van der Waals surface area contributed by atoms with Crippen LogP contribution < -0.4 is 0 Å². The van der Waals surface area contributed by atoms with E-state index < -0.39 is 0 Å². The molecule has 0 aromatic carbocycles. The van der Waals surface area contributed by atoms with Crippen LogP contribution in [0.5, 0.6) is 0 Å². The summed E-state index contributed by atoms with van der Waals surface area (Å²) in [5.41, 5.74) is 1.38. The van der Waals surface area contributed by atoms with Gasteiger partial charge in [-0.15, -0.1) is 21.5 Å². The first-order valence-corrected chi connectivity index (χ1v) is 8.90. The van der Waals surface area contributed by atoms with E-state index in [9.17, 15) is 4.79 Å². The van der Waals surface area contributed by atoms with Crippen molar-refractivity contribution in [2.45, 2.75) is 31.8 Å². The molecule has 1 unspecified atom stereocenters. The van der Waals surface area contributed by atoms with E-state index in [0.29, 0.717) is 19.7 Å². The lowest BCUT2D eigenvalue weighted by Crippen LogP contribution is -2.42. The summed E-state index contributed by atoms with van der Waals surface area (Å²) in [6.45, 7) is 1.71. The molecule has 122 valence electrons. The summed E-state index contributed by atoms with van der Waals surface area (Å²) in [5.74, 6) is 0.896. The fourth-order valence-electron chi connectivity index (χ4n) is 3.33. The molecular formula is C16H20N4O2S. The minimum atomic E-state index is -0.199. The van der Waals surface area contributed by atoms with Crippen molar-refractivity contribution in [3.8, 4) is 0 Å². The van der Waals surface area contributed by atoms with Gasteiger partial charge in [0, 0.05) is 18.5 Å². The van der Waals surface area contributed by atoms with Gasteiger partial charge in [-0.3, -0.25) is 4.79 Å². The zero-order valence-electron chi connectivity index (χ0n) is 13.2. The third-order valence-corrected chi connectivity index (χ3v) is 5.82. The van der Waals surface area contributed by atoms with Crippen LogP contribution >= 0.6 is 11.3 Å². The van der Waals surface area contributed by atoms with Gasteiger partial charge in [-0.1, -0.05) is 0 Å². The van der Waals surface area contributed by atoms with E-state index >= 15 is 0 Å². The number of ether oxygens (including phenoxy) is 1. The molecule has 0 saturated carbocycles. The number of rotatable bonds is 2. The smallest absolute Gasteiger partial charge is 0.264 e. The zero-order chi connectivity index (χ0) is 15.8. The van der Waals surface area contributed by atoms with Crippen molar-refractivity contribution in [3.63, 3.8) is 0 Å². The second kappa shape index (κ2) is 6.05. The number of hydrogen-bond acceptors (Lipinski definition) is 5. The van der Waals surface area contributed by atoms with E-state index in [-0.39, 0.29) is 12.0 Å². The lowest BCUT2D eigenvalue weighted by atomic mass is 9.99. The highest BCUT2D eigenvalue weighted by Gasteiger charge is 2.30. The van der Waals surface area contributed by atoms with Crippen LogP contribution in [0.3, 0.4) is 0 Å². The Balaban J connectivity index is 1.52. The molecule has 2 aromatic rings. The third kappa shape index (κ3) is 2.79. The number of nitrogens with zero attached hydrogens (tertiary/aromatic N) is 4. The molecule has 7 heteroatoms. The Labute approximate surface area is 139 Å². The molecule has 4 rings (SSSR count). The van der Waals surface area contributed by atoms with Gasteiger partial charge in [0.15, 0.2) is 5.82 Å². The Bertz CT molecular complexity index is 700. The van der Waals surface area contributed by atoms with Crippen LogP contribution in [0.2, 0.25) is 0 Å². The lowest BCUT2D eigenvalue weighted by Gasteiger charge is -2.32. The van der Waals surface area contributed by atoms with Crippen molar-refractivity contribution in [1.29, 1.82) is 0 Å². The summed E-state index contributed by atoms with van der Waals surface area (Å²) >= 11 is 1.67. The summed E-state index contributed by atoms with van der Waals surface area (Å²) in [7, 11) is 1.90. The van der Waals surface area contributed by atoms with E-state index in [1.807, 2.05) is 16.5 Å². The van der Waals surface area contributed by atoms with E-state index in [1.165, 1.54) is 23.3 Å². The molecule has 0 N–H and O–H groups in total. The highest BCUT2D eigenvalue weighted by Crippen LogP contribution is 2.31. The first-order chi connectivity index (χ1) is 11.2. The molecule has 1 aliphatic heterocycles. The standard InChI is InChI=1S/C16H20N4O2S/c1-19-10-17-18-15(19)12-9-20(6-7-22-12)16(21)14-8-11-4-2-3-5-13(11)23-14/h8,10,12H,2-7,9H2,1H3. The van der Waals surface area contributed by atoms with Crippen LogP contribution in [0.15, 0.2) is 12.4 Å². The normalized spacial score (nSPS) is 21.3. The van der Waals surface area contributed by atoms with Gasteiger partial charge in [0.05, 0.1) is 18.0 Å². The van der Waals surface area contributed by atoms with E-state index in [0.717, 1.165) is 23.5 Å². The van der Waals surface area contributed by atoms with Crippen LogP contribution in [-0.2, 0) is 24.6 Å². The molecule has 1 fully saturated rings. The molecule has 0 spiro atoms. The van der Waals surface area contributed by atoms with Gasteiger partial charge < -0.3 is 14.2 Å². The molecule has 0 radical (unpaired) electrons. The van der Waals surface area contributed by atoms with E-state index in [1.54, 1.807) is 17.7 Å². The molecule has 2 aliphatic rings. The van der Waals surface area contributed by atoms with Crippen molar-refractivity contribution >= 4 is 17.2 Å². The molecule has 1 amide bonds. The van der Waals surface area contributed by atoms with Gasteiger partial charge in [0.25, 0.3) is 5.91 Å². The number of fused-ring (bicyclic) bond motifs is 1. The van der Waals surface area contributed by atoms with Crippen LogP contribution in [0.1, 0.15) is 44.9 Å². The van der Waals surface area contributed by atoms with E-state index in [2.05, 4.69) is 16.3 Å². The van der Waals surface area contributed by atoms with Crippen LogP contribution in [0.25, 0.3) is 0 Å². The number of morpholine rings is 1. The SMILES string of the molecule is Cn1cnnc1C1CN(C(=O)c2cc3c(s2)CCCC3)CCO1. The average Bonchev–Trinajstić information content (AvgIpc) is 3.20. The molecule has 6 nitrogen and oxygen atoms in total. The van der Waals surface area contributed by atoms with Crippen LogP contribution in [-0.4, -0.2) is 45.3 Å². The molecule has 2 aromatic heterocycles. The number of hydrogen-bond donors (Lipinski definition) is 0. The maximum atomic E-state index is 12.9. The van der Waals surface area contributed by atoms with Crippen molar-refractivity contribution in [3.05, 3.63) is 33.5 Å². The lowest BCUT2D eigenvalue weighted by molar-refractivity contribution is -0.0279. The van der Waals surface area contributed by atoms with E-state index in [4.69, 9.17) is 4.74 Å². The molecule has 3 heterocycles. The first kappa shape index (κ1) is 14.8. The highest BCUT2D eigenvalue weighted by atomic mass is 32.1. The molecule has 1 atom stereocenters. The second-order valence-corrected chi connectivity index (χ2v) is 7.31.